The third-order valence-corrected chi connectivity index (χ3v) is 4.64. The van der Waals surface area contributed by atoms with Crippen molar-refractivity contribution in [2.45, 2.75) is 51.9 Å². The summed E-state index contributed by atoms with van der Waals surface area (Å²) >= 11 is 0. The summed E-state index contributed by atoms with van der Waals surface area (Å²) in [5.41, 5.74) is 0. The minimum atomic E-state index is 0.814. The van der Waals surface area contributed by atoms with Crippen molar-refractivity contribution >= 4 is 5.96 Å². The summed E-state index contributed by atoms with van der Waals surface area (Å²) in [6, 6.07) is 0. The summed E-state index contributed by atoms with van der Waals surface area (Å²) in [5, 5.41) is 6.86. The lowest BCUT2D eigenvalue weighted by molar-refractivity contribution is 0.123. The molecule has 4 heteroatoms. The van der Waals surface area contributed by atoms with E-state index in [4.69, 9.17) is 4.74 Å². The molecule has 0 aromatic carbocycles. The third kappa shape index (κ3) is 7.16. The number of aliphatic imine (C=N–C) groups is 1. The fourth-order valence-electron chi connectivity index (χ4n) is 3.12. The first kappa shape index (κ1) is 16.6. The maximum Gasteiger partial charge on any atom is 0.190 e. The van der Waals surface area contributed by atoms with Gasteiger partial charge in [0.2, 0.25) is 0 Å². The van der Waals surface area contributed by atoms with Gasteiger partial charge in [0.25, 0.3) is 0 Å². The van der Waals surface area contributed by atoms with Gasteiger partial charge in [-0.25, -0.2) is 0 Å². The average Bonchev–Trinajstić information content (AvgIpc) is 3.30. The number of hydrogen-bond donors (Lipinski definition) is 2. The van der Waals surface area contributed by atoms with Crippen molar-refractivity contribution in [1.29, 1.82) is 0 Å². The van der Waals surface area contributed by atoms with E-state index in [1.54, 1.807) is 0 Å². The number of rotatable bonds is 8. The molecule has 2 rings (SSSR count). The second-order valence-corrected chi connectivity index (χ2v) is 6.89. The Hall–Kier alpha value is -0.770. The molecule has 0 amide bonds. The third-order valence-electron chi connectivity index (χ3n) is 4.64. The molecule has 0 aliphatic heterocycles. The average molecular weight is 295 g/mol. The second-order valence-electron chi connectivity index (χ2n) is 6.89. The van der Waals surface area contributed by atoms with Crippen molar-refractivity contribution in [3.05, 3.63) is 0 Å². The predicted molar refractivity (Wildman–Crippen MR) is 88.6 cm³/mol. The lowest BCUT2D eigenvalue weighted by atomic mass is 9.82. The molecule has 2 saturated carbocycles. The Labute approximate surface area is 130 Å². The maximum atomic E-state index is 5.64. The molecule has 2 aliphatic rings. The van der Waals surface area contributed by atoms with E-state index in [9.17, 15) is 0 Å². The minimum Gasteiger partial charge on any atom is -0.381 e. The first-order valence-corrected chi connectivity index (χ1v) is 8.80. The highest BCUT2D eigenvalue weighted by Gasteiger charge is 2.21. The summed E-state index contributed by atoms with van der Waals surface area (Å²) in [5.74, 6) is 3.51. The summed E-state index contributed by atoms with van der Waals surface area (Å²) in [7, 11) is 1.85. The molecule has 0 saturated heterocycles. The van der Waals surface area contributed by atoms with Crippen LogP contribution in [0.4, 0.5) is 0 Å². The maximum absolute atomic E-state index is 5.64. The van der Waals surface area contributed by atoms with Gasteiger partial charge in [-0.2, -0.15) is 0 Å². The van der Waals surface area contributed by atoms with Crippen molar-refractivity contribution < 1.29 is 4.74 Å². The van der Waals surface area contributed by atoms with Crippen LogP contribution in [0.2, 0.25) is 0 Å². The van der Waals surface area contributed by atoms with Crippen LogP contribution in [0.25, 0.3) is 0 Å². The number of nitrogens with zero attached hydrogens (tertiary/aromatic N) is 1. The van der Waals surface area contributed by atoms with Crippen LogP contribution >= 0.6 is 0 Å². The molecule has 0 radical (unpaired) electrons. The Morgan fingerprint density at radius 2 is 2.00 bits per heavy atom. The molecule has 21 heavy (non-hydrogen) atoms. The lowest BCUT2D eigenvalue weighted by Crippen LogP contribution is -2.41. The van der Waals surface area contributed by atoms with Gasteiger partial charge in [-0.15, -0.1) is 0 Å². The Morgan fingerprint density at radius 1 is 1.14 bits per heavy atom. The van der Waals surface area contributed by atoms with E-state index >= 15 is 0 Å². The van der Waals surface area contributed by atoms with E-state index in [-0.39, 0.29) is 0 Å². The van der Waals surface area contributed by atoms with Gasteiger partial charge < -0.3 is 15.4 Å². The van der Waals surface area contributed by atoms with E-state index in [0.29, 0.717) is 0 Å². The van der Waals surface area contributed by atoms with Crippen LogP contribution < -0.4 is 10.6 Å². The molecule has 2 N–H and O–H groups in total. The Kier molecular flexibility index (Phi) is 7.34. The van der Waals surface area contributed by atoms with Gasteiger partial charge in [-0.1, -0.05) is 19.8 Å². The quantitative estimate of drug-likeness (QED) is 0.411. The molecule has 2 aliphatic carbocycles. The van der Waals surface area contributed by atoms with Crippen LogP contribution in [0, 0.1) is 17.8 Å². The van der Waals surface area contributed by atoms with Gasteiger partial charge in [0.05, 0.1) is 0 Å². The van der Waals surface area contributed by atoms with E-state index in [1.165, 1.54) is 38.5 Å². The second kappa shape index (κ2) is 9.29. The van der Waals surface area contributed by atoms with Crippen LogP contribution in [-0.2, 0) is 4.74 Å². The highest BCUT2D eigenvalue weighted by Crippen LogP contribution is 2.29. The van der Waals surface area contributed by atoms with E-state index in [0.717, 1.165) is 56.4 Å². The topological polar surface area (TPSA) is 45.7 Å². The van der Waals surface area contributed by atoms with Crippen molar-refractivity contribution in [3.8, 4) is 0 Å². The molecule has 0 aromatic rings. The highest BCUT2D eigenvalue weighted by atomic mass is 16.5. The van der Waals surface area contributed by atoms with Gasteiger partial charge >= 0.3 is 0 Å². The normalized spacial score (nSPS) is 26.7. The van der Waals surface area contributed by atoms with Gasteiger partial charge in [0.1, 0.15) is 0 Å². The molecule has 2 atom stereocenters. The zero-order valence-corrected chi connectivity index (χ0v) is 13.9. The monoisotopic (exact) mass is 295 g/mol. The van der Waals surface area contributed by atoms with Gasteiger partial charge in [0, 0.05) is 33.4 Å². The molecule has 0 heterocycles. The zero-order valence-electron chi connectivity index (χ0n) is 13.9. The smallest absolute Gasteiger partial charge is 0.190 e. The lowest BCUT2D eigenvalue weighted by Gasteiger charge is -2.27. The highest BCUT2D eigenvalue weighted by molar-refractivity contribution is 5.79. The Balaban J connectivity index is 1.48. The molecular weight excluding hydrogens is 262 g/mol. The molecule has 122 valence electrons. The SMILES string of the molecule is CN=C(NCCCOCC1CC1)NCC1CCCC(C)C1. The van der Waals surface area contributed by atoms with Gasteiger partial charge in [-0.3, -0.25) is 4.99 Å². The zero-order chi connectivity index (χ0) is 14.9. The van der Waals surface area contributed by atoms with Crippen LogP contribution in [0.1, 0.15) is 51.9 Å². The van der Waals surface area contributed by atoms with Crippen molar-refractivity contribution in [2.24, 2.45) is 22.7 Å². The van der Waals surface area contributed by atoms with Crippen LogP contribution in [0.3, 0.4) is 0 Å². The standard InChI is InChI=1S/C17H33N3O/c1-14-5-3-6-16(11-14)12-20-17(18-2)19-9-4-10-21-13-15-7-8-15/h14-16H,3-13H2,1-2H3,(H2,18,19,20). The fraction of sp³-hybridized carbons (Fsp3) is 0.941. The van der Waals surface area contributed by atoms with Crippen LogP contribution in [0.15, 0.2) is 4.99 Å². The summed E-state index contributed by atoms with van der Waals surface area (Å²) in [6.45, 7) is 6.20. The molecule has 0 bridgehead atoms. The molecule has 2 fully saturated rings. The van der Waals surface area contributed by atoms with Crippen molar-refractivity contribution in [2.75, 3.05) is 33.4 Å². The number of nitrogens with one attached hydrogen (secondary N) is 2. The van der Waals surface area contributed by atoms with Crippen molar-refractivity contribution in [1.82, 2.24) is 10.6 Å². The number of hydrogen-bond acceptors (Lipinski definition) is 2. The van der Waals surface area contributed by atoms with Gasteiger partial charge in [0.15, 0.2) is 5.96 Å². The Bertz CT molecular complexity index is 315. The Morgan fingerprint density at radius 3 is 2.71 bits per heavy atom. The van der Waals surface area contributed by atoms with E-state index in [1.807, 2.05) is 7.05 Å². The predicted octanol–water partition coefficient (Wildman–Crippen LogP) is 2.79. The molecule has 0 aromatic heterocycles. The number of ether oxygens (including phenoxy) is 1. The molecule has 4 nitrogen and oxygen atoms in total. The first-order chi connectivity index (χ1) is 10.3. The largest absolute Gasteiger partial charge is 0.381 e. The van der Waals surface area contributed by atoms with E-state index in [2.05, 4.69) is 22.5 Å². The fourth-order valence-corrected chi connectivity index (χ4v) is 3.12. The first-order valence-electron chi connectivity index (χ1n) is 8.80. The summed E-state index contributed by atoms with van der Waals surface area (Å²) in [6.07, 6.45) is 9.31. The molecule has 2 unspecified atom stereocenters. The number of guanidine groups is 1. The molecule has 0 spiro atoms. The van der Waals surface area contributed by atoms with Crippen molar-refractivity contribution in [3.63, 3.8) is 0 Å². The van der Waals surface area contributed by atoms with Crippen LogP contribution in [-0.4, -0.2) is 39.3 Å². The summed E-state index contributed by atoms with van der Waals surface area (Å²) < 4.78 is 5.64. The van der Waals surface area contributed by atoms with Gasteiger partial charge in [-0.05, 0) is 49.9 Å². The molecular formula is C17H33N3O. The van der Waals surface area contributed by atoms with E-state index < -0.39 is 0 Å². The minimum absolute atomic E-state index is 0.814. The summed E-state index contributed by atoms with van der Waals surface area (Å²) in [4.78, 5) is 4.30. The van der Waals surface area contributed by atoms with Crippen LogP contribution in [0.5, 0.6) is 0 Å².